The van der Waals surface area contributed by atoms with Gasteiger partial charge < -0.3 is 9.64 Å². The molecule has 6 nitrogen and oxygen atoms in total. The summed E-state index contributed by atoms with van der Waals surface area (Å²) in [5.74, 6) is 1.09. The molecule has 1 unspecified atom stereocenters. The lowest BCUT2D eigenvalue weighted by Crippen LogP contribution is -2.44. The number of hydrogen-bond donors (Lipinski definition) is 0. The number of pyridine rings is 1. The van der Waals surface area contributed by atoms with Gasteiger partial charge in [0.15, 0.2) is 0 Å². The van der Waals surface area contributed by atoms with Crippen molar-refractivity contribution in [1.82, 2.24) is 19.7 Å². The Morgan fingerprint density at radius 2 is 2.00 bits per heavy atom. The van der Waals surface area contributed by atoms with E-state index < -0.39 is 0 Å². The first kappa shape index (κ1) is 19.4. The summed E-state index contributed by atoms with van der Waals surface area (Å²) in [6.07, 6.45) is 6.21. The molecule has 146 valence electrons. The summed E-state index contributed by atoms with van der Waals surface area (Å²) < 4.78 is 8.01. The van der Waals surface area contributed by atoms with E-state index in [1.807, 2.05) is 49.7 Å². The molecule has 6 heteroatoms. The van der Waals surface area contributed by atoms with Gasteiger partial charge in [-0.1, -0.05) is 6.92 Å². The fourth-order valence-corrected chi connectivity index (χ4v) is 3.78. The Morgan fingerprint density at radius 3 is 2.59 bits per heavy atom. The molecule has 3 rings (SSSR count). The maximum atomic E-state index is 12.9. The summed E-state index contributed by atoms with van der Waals surface area (Å²) in [6, 6.07) is 1.91. The summed E-state index contributed by atoms with van der Waals surface area (Å²) in [4.78, 5) is 19.0. The number of hydrogen-bond acceptors (Lipinski definition) is 4. The van der Waals surface area contributed by atoms with Crippen molar-refractivity contribution in [3.05, 3.63) is 41.0 Å². The van der Waals surface area contributed by atoms with Crippen molar-refractivity contribution in [2.24, 2.45) is 13.0 Å². The van der Waals surface area contributed by atoms with Crippen LogP contribution in [0, 0.1) is 26.7 Å². The van der Waals surface area contributed by atoms with E-state index in [-0.39, 0.29) is 17.9 Å². The van der Waals surface area contributed by atoms with Crippen molar-refractivity contribution in [2.75, 3.05) is 13.1 Å². The summed E-state index contributed by atoms with van der Waals surface area (Å²) in [7, 11) is 1.95. The zero-order valence-electron chi connectivity index (χ0n) is 17.0. The standard InChI is InChI=1S/C21H30N4O2/c1-14(12-19-16(3)23-24(5)17(19)4)21(26)25-10-7-18(8-11-25)27-20-6-9-22-13-15(20)2/h6,9,13-14,18H,7-8,10-12H2,1-5H3. The molecular weight excluding hydrogens is 340 g/mol. The largest absolute Gasteiger partial charge is 0.490 e. The van der Waals surface area contributed by atoms with Gasteiger partial charge in [-0.25, -0.2) is 0 Å². The average Bonchev–Trinajstić information content (AvgIpc) is 2.89. The van der Waals surface area contributed by atoms with Crippen LogP contribution in [0.15, 0.2) is 18.5 Å². The number of likely N-dealkylation sites (tertiary alicyclic amines) is 1. The lowest BCUT2D eigenvalue weighted by atomic mass is 9.97. The van der Waals surface area contributed by atoms with Crippen molar-refractivity contribution >= 4 is 5.91 Å². The van der Waals surface area contributed by atoms with Crippen molar-refractivity contribution in [3.8, 4) is 5.75 Å². The van der Waals surface area contributed by atoms with E-state index in [0.717, 1.165) is 55.1 Å². The van der Waals surface area contributed by atoms with E-state index in [2.05, 4.69) is 17.0 Å². The molecule has 2 aromatic rings. The zero-order valence-corrected chi connectivity index (χ0v) is 17.0. The minimum Gasteiger partial charge on any atom is -0.490 e. The highest BCUT2D eigenvalue weighted by molar-refractivity contribution is 5.79. The average molecular weight is 370 g/mol. The van der Waals surface area contributed by atoms with Crippen molar-refractivity contribution in [2.45, 2.75) is 53.1 Å². The smallest absolute Gasteiger partial charge is 0.225 e. The molecule has 0 aromatic carbocycles. The van der Waals surface area contributed by atoms with E-state index in [1.165, 1.54) is 5.56 Å². The molecule has 3 heterocycles. The molecule has 1 aliphatic rings. The SMILES string of the molecule is Cc1cnccc1OC1CCN(C(=O)C(C)Cc2c(C)nn(C)c2C)CC1. The fourth-order valence-electron chi connectivity index (χ4n) is 3.78. The normalized spacial score (nSPS) is 16.4. The quantitative estimate of drug-likeness (QED) is 0.812. The first-order valence-electron chi connectivity index (χ1n) is 9.72. The maximum Gasteiger partial charge on any atom is 0.225 e. The van der Waals surface area contributed by atoms with Gasteiger partial charge in [0.2, 0.25) is 5.91 Å². The maximum absolute atomic E-state index is 12.9. The number of aryl methyl sites for hydroxylation is 3. The van der Waals surface area contributed by atoms with Gasteiger partial charge in [0.1, 0.15) is 11.9 Å². The molecule has 1 fully saturated rings. The lowest BCUT2D eigenvalue weighted by molar-refractivity contribution is -0.136. The van der Waals surface area contributed by atoms with E-state index in [9.17, 15) is 4.79 Å². The zero-order chi connectivity index (χ0) is 19.6. The number of ether oxygens (including phenoxy) is 1. The third-order valence-corrected chi connectivity index (χ3v) is 5.61. The van der Waals surface area contributed by atoms with E-state index >= 15 is 0 Å². The predicted molar refractivity (Wildman–Crippen MR) is 105 cm³/mol. The molecular formula is C21H30N4O2. The number of carbonyl (C=O) groups is 1. The second-order valence-electron chi connectivity index (χ2n) is 7.66. The van der Waals surface area contributed by atoms with Gasteiger partial charge in [-0.15, -0.1) is 0 Å². The number of aromatic nitrogens is 3. The van der Waals surface area contributed by atoms with Crippen LogP contribution in [0.2, 0.25) is 0 Å². The highest BCUT2D eigenvalue weighted by atomic mass is 16.5. The first-order valence-corrected chi connectivity index (χ1v) is 9.72. The monoisotopic (exact) mass is 370 g/mol. The van der Waals surface area contributed by atoms with Crippen LogP contribution in [0.5, 0.6) is 5.75 Å². The van der Waals surface area contributed by atoms with E-state index in [1.54, 1.807) is 6.20 Å². The molecule has 27 heavy (non-hydrogen) atoms. The fraction of sp³-hybridized carbons (Fsp3) is 0.571. The van der Waals surface area contributed by atoms with Gasteiger partial charge in [0, 0.05) is 62.5 Å². The van der Waals surface area contributed by atoms with Crippen LogP contribution in [0.1, 0.15) is 42.3 Å². The van der Waals surface area contributed by atoms with Gasteiger partial charge in [-0.3, -0.25) is 14.5 Å². The topological polar surface area (TPSA) is 60.2 Å². The van der Waals surface area contributed by atoms with Crippen LogP contribution < -0.4 is 4.74 Å². The molecule has 2 aromatic heterocycles. The second kappa shape index (κ2) is 8.11. The Morgan fingerprint density at radius 1 is 1.30 bits per heavy atom. The third-order valence-electron chi connectivity index (χ3n) is 5.61. The number of nitrogens with zero attached hydrogens (tertiary/aromatic N) is 4. The molecule has 0 bridgehead atoms. The summed E-state index contributed by atoms with van der Waals surface area (Å²) in [5, 5.41) is 4.46. The van der Waals surface area contributed by atoms with E-state index in [4.69, 9.17) is 4.74 Å². The Hall–Kier alpha value is -2.37. The van der Waals surface area contributed by atoms with Gasteiger partial charge in [0.05, 0.1) is 5.69 Å². The predicted octanol–water partition coefficient (Wildman–Crippen LogP) is 2.99. The van der Waals surface area contributed by atoms with Crippen LogP contribution in [-0.4, -0.2) is 44.8 Å². The highest BCUT2D eigenvalue weighted by Gasteiger charge is 2.28. The highest BCUT2D eigenvalue weighted by Crippen LogP contribution is 2.23. The Bertz CT molecular complexity index is 807. The van der Waals surface area contributed by atoms with Crippen LogP contribution in [0.25, 0.3) is 0 Å². The van der Waals surface area contributed by atoms with Crippen molar-refractivity contribution in [3.63, 3.8) is 0 Å². The molecule has 0 spiro atoms. The summed E-state index contributed by atoms with van der Waals surface area (Å²) in [5.41, 5.74) is 4.41. The molecule has 0 aliphatic carbocycles. The summed E-state index contributed by atoms with van der Waals surface area (Å²) in [6.45, 7) is 9.62. The Labute approximate surface area is 161 Å². The van der Waals surface area contributed by atoms with Crippen LogP contribution in [0.3, 0.4) is 0 Å². The van der Waals surface area contributed by atoms with Crippen molar-refractivity contribution in [1.29, 1.82) is 0 Å². The molecule has 0 N–H and O–H groups in total. The molecule has 0 saturated carbocycles. The minimum absolute atomic E-state index is 0.0356. The molecule has 1 saturated heterocycles. The van der Waals surface area contributed by atoms with Gasteiger partial charge in [-0.05, 0) is 38.8 Å². The van der Waals surface area contributed by atoms with Gasteiger partial charge >= 0.3 is 0 Å². The van der Waals surface area contributed by atoms with Gasteiger partial charge in [0.25, 0.3) is 0 Å². The second-order valence-corrected chi connectivity index (χ2v) is 7.66. The van der Waals surface area contributed by atoms with Crippen LogP contribution >= 0.6 is 0 Å². The summed E-state index contributed by atoms with van der Waals surface area (Å²) >= 11 is 0. The molecule has 0 radical (unpaired) electrons. The third kappa shape index (κ3) is 4.31. The molecule has 1 aliphatic heterocycles. The Kier molecular flexibility index (Phi) is 5.82. The number of carbonyl (C=O) groups excluding carboxylic acids is 1. The van der Waals surface area contributed by atoms with Crippen LogP contribution in [0.4, 0.5) is 0 Å². The number of piperidine rings is 1. The van der Waals surface area contributed by atoms with Gasteiger partial charge in [-0.2, -0.15) is 5.10 Å². The first-order chi connectivity index (χ1) is 12.9. The number of rotatable bonds is 5. The minimum atomic E-state index is -0.0356. The van der Waals surface area contributed by atoms with Crippen molar-refractivity contribution < 1.29 is 9.53 Å². The lowest BCUT2D eigenvalue weighted by Gasteiger charge is -2.34. The Balaban J connectivity index is 1.54. The van der Waals surface area contributed by atoms with E-state index in [0.29, 0.717) is 0 Å². The van der Waals surface area contributed by atoms with Crippen LogP contribution in [-0.2, 0) is 18.3 Å². The number of amides is 1. The molecule has 1 amide bonds. The molecule has 1 atom stereocenters.